The molecule has 46 heavy (non-hydrogen) atoms. The summed E-state index contributed by atoms with van der Waals surface area (Å²) in [5, 5.41) is 12.2. The number of esters is 1. The Morgan fingerprint density at radius 1 is 1.04 bits per heavy atom. The summed E-state index contributed by atoms with van der Waals surface area (Å²) >= 11 is 0. The van der Waals surface area contributed by atoms with Gasteiger partial charge in [-0.15, -0.1) is 0 Å². The van der Waals surface area contributed by atoms with Crippen LogP contribution in [-0.2, 0) is 27.8 Å². The fraction of sp³-hybridized carbons (Fsp3) is 0.471. The van der Waals surface area contributed by atoms with Crippen molar-refractivity contribution >= 4 is 39.5 Å². The number of methoxy groups -OCH3 is 1. The van der Waals surface area contributed by atoms with E-state index in [1.165, 1.54) is 6.07 Å². The number of aromatic hydroxyl groups is 1. The molecule has 0 aromatic heterocycles. The topological polar surface area (TPSA) is 122 Å². The van der Waals surface area contributed by atoms with Gasteiger partial charge in [0, 0.05) is 17.4 Å². The molecule has 0 spiro atoms. The minimum atomic E-state index is -2.33. The Kier molecular flexibility index (Phi) is 7.82. The molecule has 2 heterocycles. The Morgan fingerprint density at radius 3 is 2.46 bits per heavy atom. The summed E-state index contributed by atoms with van der Waals surface area (Å²) < 4.78 is 41.6. The average molecular weight is 663 g/mol. The van der Waals surface area contributed by atoms with Gasteiger partial charge >= 0.3 is 12.1 Å². The quantitative estimate of drug-likeness (QED) is 0.132. The standard InChI is InChI=1S/C34H38O10Si2/c1-20-15-21(38-2)16-24-23(20)9-10-26(35)30(24)31(36)40-22-17-25-27(43-45(3,4)5)11-12-28-34(42-28,29-19-39-32(37)41-29)14-13-33(25,18-22)44-46(6,7)8/h9-10,15-17,22,27-29,35H,18-19H2,1-8H3/t22-,27-,28+,29+,33-,34-/m0/s1. The second-order valence-corrected chi connectivity index (χ2v) is 22.8. The molecule has 2 aromatic carbocycles. The molecule has 2 saturated heterocycles. The second-order valence-electron chi connectivity index (χ2n) is 13.9. The van der Waals surface area contributed by atoms with Crippen molar-refractivity contribution in [3.8, 4) is 35.2 Å². The maximum atomic E-state index is 13.9. The van der Waals surface area contributed by atoms with Gasteiger partial charge in [0.05, 0.1) is 7.11 Å². The molecular weight excluding hydrogens is 625 g/mol. The van der Waals surface area contributed by atoms with E-state index in [1.807, 2.05) is 19.1 Å². The number of aryl methyl sites for hydroxylation is 1. The van der Waals surface area contributed by atoms with E-state index in [-0.39, 0.29) is 24.3 Å². The normalized spacial score (nSPS) is 29.7. The first-order chi connectivity index (χ1) is 21.5. The zero-order valence-electron chi connectivity index (χ0n) is 27.2. The first kappa shape index (κ1) is 32.2. The second kappa shape index (κ2) is 11.2. The van der Waals surface area contributed by atoms with Crippen LogP contribution in [0.2, 0.25) is 39.3 Å². The third-order valence-corrected chi connectivity index (χ3v) is 9.97. The van der Waals surface area contributed by atoms with Gasteiger partial charge in [-0.25, -0.2) is 9.59 Å². The number of benzene rings is 2. The molecule has 2 aliphatic heterocycles. The van der Waals surface area contributed by atoms with Crippen LogP contribution in [0, 0.1) is 30.6 Å². The molecular formula is C34H38O10Si2. The first-order valence-corrected chi connectivity index (χ1v) is 22.0. The monoisotopic (exact) mass is 662 g/mol. The number of phenols is 1. The molecule has 1 N–H and O–H groups in total. The Morgan fingerprint density at radius 2 is 1.80 bits per heavy atom. The maximum absolute atomic E-state index is 13.9. The number of epoxide rings is 1. The summed E-state index contributed by atoms with van der Waals surface area (Å²) in [6.45, 7) is 14.2. The van der Waals surface area contributed by atoms with Crippen LogP contribution >= 0.6 is 0 Å². The van der Waals surface area contributed by atoms with Gasteiger partial charge in [0.2, 0.25) is 5.60 Å². The van der Waals surface area contributed by atoms with E-state index >= 15 is 0 Å². The van der Waals surface area contributed by atoms with E-state index < -0.39 is 64.4 Å². The van der Waals surface area contributed by atoms with Gasteiger partial charge in [0.25, 0.3) is 0 Å². The molecule has 0 bridgehead atoms. The van der Waals surface area contributed by atoms with Crippen molar-refractivity contribution < 1.29 is 47.2 Å². The molecule has 2 aliphatic carbocycles. The van der Waals surface area contributed by atoms with Gasteiger partial charge < -0.3 is 37.6 Å². The number of rotatable bonds is 8. The van der Waals surface area contributed by atoms with Gasteiger partial charge in [-0.2, -0.15) is 0 Å². The van der Waals surface area contributed by atoms with Crippen molar-refractivity contribution in [2.24, 2.45) is 0 Å². The summed E-state index contributed by atoms with van der Waals surface area (Å²) in [7, 11) is -2.98. The van der Waals surface area contributed by atoms with Crippen LogP contribution in [-0.4, -0.2) is 83.2 Å². The fourth-order valence-corrected chi connectivity index (χ4v) is 8.37. The van der Waals surface area contributed by atoms with Gasteiger partial charge in [0.1, 0.15) is 41.5 Å². The van der Waals surface area contributed by atoms with Crippen molar-refractivity contribution in [1.82, 2.24) is 0 Å². The minimum absolute atomic E-state index is 0.00980. The summed E-state index contributed by atoms with van der Waals surface area (Å²) in [5.41, 5.74) is -0.848. The highest BCUT2D eigenvalue weighted by atomic mass is 28.4. The Balaban J connectivity index is 1.44. The Labute approximate surface area is 270 Å². The van der Waals surface area contributed by atoms with Crippen LogP contribution < -0.4 is 4.74 Å². The molecule has 0 radical (unpaired) electrons. The van der Waals surface area contributed by atoms with Crippen molar-refractivity contribution in [3.05, 3.63) is 47.0 Å². The van der Waals surface area contributed by atoms with E-state index in [1.54, 1.807) is 19.2 Å². The van der Waals surface area contributed by atoms with E-state index in [4.69, 9.17) is 32.5 Å². The van der Waals surface area contributed by atoms with Crippen molar-refractivity contribution in [3.63, 3.8) is 0 Å². The molecule has 12 heteroatoms. The molecule has 6 rings (SSSR count). The number of carbonyl (C=O) groups is 2. The highest BCUT2D eigenvalue weighted by Crippen LogP contribution is 2.46. The lowest BCUT2D eigenvalue weighted by atomic mass is 9.91. The van der Waals surface area contributed by atoms with Gasteiger partial charge in [-0.3, -0.25) is 0 Å². The molecule has 4 aliphatic rings. The number of hydrogen-bond donors (Lipinski definition) is 1. The van der Waals surface area contributed by atoms with E-state index in [0.717, 1.165) is 10.9 Å². The SMILES string of the molecule is COc1cc(C)c2ccc(O)c(C(=O)O[C@H]3C=C4[C@@H](O[Si](C)(C)C)C#C[C@H]5O[C@@]5([C@H]5COC(=O)O5)C#C[C@]4(O[Si](C)(C)C)C3)c2c1. The molecule has 242 valence electrons. The van der Waals surface area contributed by atoms with Crippen LogP contribution in [0.3, 0.4) is 0 Å². The van der Waals surface area contributed by atoms with Gasteiger partial charge in [-0.1, -0.05) is 29.7 Å². The van der Waals surface area contributed by atoms with E-state index in [0.29, 0.717) is 16.7 Å². The third kappa shape index (κ3) is 6.04. The number of fused-ring (bicyclic) bond motifs is 3. The molecule has 6 atom stereocenters. The average Bonchev–Trinajstić information content (AvgIpc) is 3.27. The Hall–Kier alpha value is -3.79. The first-order valence-electron chi connectivity index (χ1n) is 15.2. The van der Waals surface area contributed by atoms with Gasteiger partial charge in [-0.05, 0) is 81.4 Å². The van der Waals surface area contributed by atoms with Crippen LogP contribution in [0.1, 0.15) is 22.3 Å². The zero-order valence-corrected chi connectivity index (χ0v) is 29.2. The minimum Gasteiger partial charge on any atom is -0.507 e. The lowest BCUT2D eigenvalue weighted by molar-refractivity contribution is 0.0303. The van der Waals surface area contributed by atoms with Crippen LogP contribution in [0.5, 0.6) is 11.5 Å². The van der Waals surface area contributed by atoms with Crippen molar-refractivity contribution in [1.29, 1.82) is 0 Å². The molecule has 0 saturated carbocycles. The van der Waals surface area contributed by atoms with E-state index in [2.05, 4.69) is 63.0 Å². The summed E-state index contributed by atoms with van der Waals surface area (Å²) in [6, 6.07) is 6.83. The predicted octanol–water partition coefficient (Wildman–Crippen LogP) is 5.22. The van der Waals surface area contributed by atoms with Crippen molar-refractivity contribution in [2.45, 2.75) is 88.2 Å². The molecule has 2 fully saturated rings. The molecule has 0 amide bonds. The number of ether oxygens (including phenoxy) is 5. The van der Waals surface area contributed by atoms with Crippen molar-refractivity contribution in [2.75, 3.05) is 13.7 Å². The Bertz CT molecular complexity index is 1780. The highest BCUT2D eigenvalue weighted by molar-refractivity contribution is 6.70. The largest absolute Gasteiger partial charge is 0.508 e. The van der Waals surface area contributed by atoms with E-state index in [9.17, 15) is 14.7 Å². The van der Waals surface area contributed by atoms with Crippen LogP contribution in [0.4, 0.5) is 4.79 Å². The summed E-state index contributed by atoms with van der Waals surface area (Å²) in [6.07, 6.45) is -1.68. The lowest BCUT2D eigenvalue weighted by Gasteiger charge is -2.37. The lowest BCUT2D eigenvalue weighted by Crippen LogP contribution is -2.47. The molecule has 0 unspecified atom stereocenters. The number of cyclic esters (lactones) is 2. The third-order valence-electron chi connectivity index (χ3n) is 8.07. The fourth-order valence-electron chi connectivity index (χ4n) is 6.18. The summed E-state index contributed by atoms with van der Waals surface area (Å²) in [5.74, 6) is 12.7. The molecule has 10 nitrogen and oxygen atoms in total. The van der Waals surface area contributed by atoms with Gasteiger partial charge in [0.15, 0.2) is 28.8 Å². The summed E-state index contributed by atoms with van der Waals surface area (Å²) in [4.78, 5) is 25.7. The number of phenolic OH excluding ortho intramolecular Hbond substituents is 1. The number of hydrogen-bond acceptors (Lipinski definition) is 10. The predicted molar refractivity (Wildman–Crippen MR) is 174 cm³/mol. The smallest absolute Gasteiger partial charge is 0.507 e. The molecule has 2 aromatic rings. The zero-order chi connectivity index (χ0) is 33.2. The van der Waals surface area contributed by atoms with Crippen LogP contribution in [0.25, 0.3) is 10.8 Å². The highest BCUT2D eigenvalue weighted by Gasteiger charge is 2.65. The number of carbonyl (C=O) groups excluding carboxylic acids is 2. The van der Waals surface area contributed by atoms with Crippen LogP contribution in [0.15, 0.2) is 35.9 Å². The maximum Gasteiger partial charge on any atom is 0.508 e.